The minimum Gasteiger partial charge on any atom is -0.322 e. The minimum absolute atomic E-state index is 0.302. The molecule has 126 valence electrons. The molecule has 2 aromatic carbocycles. The van der Waals surface area contributed by atoms with Crippen LogP contribution in [0.4, 0.5) is 5.69 Å². The van der Waals surface area contributed by atoms with Crippen molar-refractivity contribution in [2.75, 3.05) is 5.32 Å². The summed E-state index contributed by atoms with van der Waals surface area (Å²) in [6.07, 6.45) is 3.09. The molecule has 0 radical (unpaired) electrons. The van der Waals surface area contributed by atoms with E-state index in [1.165, 1.54) is 6.07 Å². The predicted octanol–water partition coefficient (Wildman–Crippen LogP) is 3.24. The highest BCUT2D eigenvalue weighted by molar-refractivity contribution is 6.12. The first-order valence-electron chi connectivity index (χ1n) is 8.01. The first kappa shape index (κ1) is 15.7. The van der Waals surface area contributed by atoms with Crippen LogP contribution in [0.3, 0.4) is 0 Å². The van der Waals surface area contributed by atoms with Gasteiger partial charge >= 0.3 is 0 Å². The Balaban J connectivity index is 1.62. The summed E-state index contributed by atoms with van der Waals surface area (Å²) in [7, 11) is 0. The Labute approximate surface area is 148 Å². The molecule has 4 aromatic rings. The van der Waals surface area contributed by atoms with E-state index in [0.717, 1.165) is 5.56 Å². The first-order chi connectivity index (χ1) is 12.7. The number of nitrogens with one attached hydrogen (secondary N) is 2. The van der Waals surface area contributed by atoms with E-state index in [2.05, 4.69) is 20.3 Å². The van der Waals surface area contributed by atoms with E-state index in [1.807, 2.05) is 36.4 Å². The van der Waals surface area contributed by atoms with E-state index in [4.69, 9.17) is 0 Å². The molecule has 0 aliphatic rings. The molecule has 6 nitrogen and oxygen atoms in total. The summed E-state index contributed by atoms with van der Waals surface area (Å²) in [4.78, 5) is 35.7. The lowest BCUT2D eigenvalue weighted by Gasteiger charge is -2.08. The molecule has 0 unspecified atom stereocenters. The van der Waals surface area contributed by atoms with Crippen LogP contribution in [0.2, 0.25) is 0 Å². The molecule has 4 rings (SSSR count). The van der Waals surface area contributed by atoms with E-state index in [0.29, 0.717) is 28.0 Å². The van der Waals surface area contributed by atoms with Gasteiger partial charge in [0.05, 0.1) is 23.6 Å². The Kier molecular flexibility index (Phi) is 3.99. The summed E-state index contributed by atoms with van der Waals surface area (Å²) in [5.41, 5.74) is 1.94. The first-order valence-corrected chi connectivity index (χ1v) is 8.01. The molecule has 2 aromatic heterocycles. The molecule has 26 heavy (non-hydrogen) atoms. The average Bonchev–Trinajstić information content (AvgIpc) is 2.68. The summed E-state index contributed by atoms with van der Waals surface area (Å²) in [6, 6.07) is 18.0. The number of carbonyl (C=O) groups is 1. The molecular weight excluding hydrogens is 328 g/mol. The van der Waals surface area contributed by atoms with Gasteiger partial charge in [0.15, 0.2) is 5.82 Å². The highest BCUT2D eigenvalue weighted by Gasteiger charge is 2.12. The molecule has 0 aliphatic carbocycles. The van der Waals surface area contributed by atoms with Crippen LogP contribution >= 0.6 is 0 Å². The number of carbonyl (C=O) groups excluding carboxylic acids is 1. The number of aromatic amines is 1. The third-order valence-electron chi connectivity index (χ3n) is 3.94. The molecule has 0 saturated heterocycles. The number of hydrogen-bond acceptors (Lipinski definition) is 4. The van der Waals surface area contributed by atoms with Gasteiger partial charge < -0.3 is 10.3 Å². The highest BCUT2D eigenvalue weighted by Crippen LogP contribution is 2.18. The fourth-order valence-electron chi connectivity index (χ4n) is 2.72. The Bertz CT molecular complexity index is 1140. The molecule has 2 N–H and O–H groups in total. The van der Waals surface area contributed by atoms with Gasteiger partial charge in [0.1, 0.15) is 0 Å². The topological polar surface area (TPSA) is 87.7 Å². The van der Waals surface area contributed by atoms with E-state index >= 15 is 0 Å². The van der Waals surface area contributed by atoms with E-state index in [9.17, 15) is 9.59 Å². The quantitative estimate of drug-likeness (QED) is 0.598. The lowest BCUT2D eigenvalue weighted by Crippen LogP contribution is -2.17. The fourth-order valence-corrected chi connectivity index (χ4v) is 2.72. The second-order valence-electron chi connectivity index (χ2n) is 5.71. The van der Waals surface area contributed by atoms with Gasteiger partial charge in [-0.3, -0.25) is 9.59 Å². The smallest absolute Gasteiger partial charge is 0.256 e. The van der Waals surface area contributed by atoms with Crippen molar-refractivity contribution < 1.29 is 4.79 Å². The summed E-state index contributed by atoms with van der Waals surface area (Å²) in [5.74, 6) is 0.188. The van der Waals surface area contributed by atoms with Gasteiger partial charge in [-0.05, 0) is 6.07 Å². The van der Waals surface area contributed by atoms with Crippen LogP contribution in [0.15, 0.2) is 77.9 Å². The lowest BCUT2D eigenvalue weighted by molar-refractivity contribution is 0.102. The molecule has 0 atom stereocenters. The van der Waals surface area contributed by atoms with Gasteiger partial charge in [0, 0.05) is 22.5 Å². The van der Waals surface area contributed by atoms with Crippen molar-refractivity contribution in [3.05, 3.63) is 89.0 Å². The van der Waals surface area contributed by atoms with Gasteiger partial charge in [0.25, 0.3) is 5.91 Å². The molecule has 1 amide bonds. The maximum Gasteiger partial charge on any atom is 0.256 e. The van der Waals surface area contributed by atoms with Crippen LogP contribution in [0.5, 0.6) is 0 Å². The van der Waals surface area contributed by atoms with Crippen LogP contribution in [-0.4, -0.2) is 20.9 Å². The highest BCUT2D eigenvalue weighted by atomic mass is 16.2. The Morgan fingerprint density at radius 1 is 0.923 bits per heavy atom. The van der Waals surface area contributed by atoms with Crippen LogP contribution in [0, 0.1) is 0 Å². The number of aromatic nitrogens is 3. The van der Waals surface area contributed by atoms with Crippen molar-refractivity contribution >= 4 is 22.5 Å². The number of benzene rings is 2. The minimum atomic E-state index is -0.386. The van der Waals surface area contributed by atoms with Gasteiger partial charge in [-0.25, -0.2) is 9.97 Å². The zero-order chi connectivity index (χ0) is 17.9. The Morgan fingerprint density at radius 3 is 2.38 bits per heavy atom. The third kappa shape index (κ3) is 3.08. The number of rotatable bonds is 3. The Morgan fingerprint density at radius 2 is 1.62 bits per heavy atom. The SMILES string of the molecule is O=C(Nc1cnc(-c2ccccc2)nc1)c1cc(=O)[nH]c2ccccc12. The zero-order valence-electron chi connectivity index (χ0n) is 13.6. The van der Waals surface area contributed by atoms with Crippen LogP contribution in [0.1, 0.15) is 10.4 Å². The van der Waals surface area contributed by atoms with Gasteiger partial charge in [0.2, 0.25) is 5.56 Å². The number of nitrogens with zero attached hydrogens (tertiary/aromatic N) is 2. The normalized spacial score (nSPS) is 10.6. The molecular formula is C20H14N4O2. The second-order valence-corrected chi connectivity index (χ2v) is 5.71. The maximum atomic E-state index is 12.6. The van der Waals surface area contributed by atoms with E-state index < -0.39 is 0 Å². The van der Waals surface area contributed by atoms with E-state index in [1.54, 1.807) is 30.6 Å². The number of hydrogen-bond donors (Lipinski definition) is 2. The third-order valence-corrected chi connectivity index (χ3v) is 3.94. The lowest BCUT2D eigenvalue weighted by atomic mass is 10.1. The number of amides is 1. The molecule has 0 saturated carbocycles. The number of H-pyrrole nitrogens is 1. The number of para-hydroxylation sites is 1. The number of fused-ring (bicyclic) bond motifs is 1. The molecule has 0 aliphatic heterocycles. The zero-order valence-corrected chi connectivity index (χ0v) is 13.6. The molecule has 2 heterocycles. The van der Waals surface area contributed by atoms with Crippen molar-refractivity contribution in [3.63, 3.8) is 0 Å². The largest absolute Gasteiger partial charge is 0.322 e. The van der Waals surface area contributed by atoms with Gasteiger partial charge in [-0.1, -0.05) is 48.5 Å². The fraction of sp³-hybridized carbons (Fsp3) is 0. The van der Waals surface area contributed by atoms with Crippen molar-refractivity contribution in [3.8, 4) is 11.4 Å². The maximum absolute atomic E-state index is 12.6. The average molecular weight is 342 g/mol. The number of anilines is 1. The summed E-state index contributed by atoms with van der Waals surface area (Å²) >= 11 is 0. The Hall–Kier alpha value is -3.80. The van der Waals surface area contributed by atoms with Crippen molar-refractivity contribution in [2.24, 2.45) is 0 Å². The van der Waals surface area contributed by atoms with Gasteiger partial charge in [-0.2, -0.15) is 0 Å². The van der Waals surface area contributed by atoms with E-state index in [-0.39, 0.29) is 11.5 Å². The monoisotopic (exact) mass is 342 g/mol. The van der Waals surface area contributed by atoms with Gasteiger partial charge in [-0.15, -0.1) is 0 Å². The van der Waals surface area contributed by atoms with Crippen LogP contribution in [0.25, 0.3) is 22.3 Å². The second kappa shape index (κ2) is 6.60. The van der Waals surface area contributed by atoms with Crippen LogP contribution in [-0.2, 0) is 0 Å². The molecule has 0 bridgehead atoms. The summed E-state index contributed by atoms with van der Waals surface area (Å²) < 4.78 is 0. The molecule has 6 heteroatoms. The molecule has 0 fully saturated rings. The van der Waals surface area contributed by atoms with Crippen LogP contribution < -0.4 is 10.9 Å². The van der Waals surface area contributed by atoms with Crippen molar-refractivity contribution in [1.29, 1.82) is 0 Å². The predicted molar refractivity (Wildman–Crippen MR) is 100.0 cm³/mol. The van der Waals surface area contributed by atoms with Crippen molar-refractivity contribution in [1.82, 2.24) is 15.0 Å². The number of pyridine rings is 1. The summed E-state index contributed by atoms with van der Waals surface area (Å²) in [6.45, 7) is 0. The molecule has 0 spiro atoms. The summed E-state index contributed by atoms with van der Waals surface area (Å²) in [5, 5.41) is 3.41. The van der Waals surface area contributed by atoms with Crippen molar-refractivity contribution in [2.45, 2.75) is 0 Å². The standard InChI is InChI=1S/C20H14N4O2/c25-18-10-16(15-8-4-5-9-17(15)24-18)20(26)23-14-11-21-19(22-12-14)13-6-2-1-3-7-13/h1-12H,(H,23,26)(H,24,25).